The quantitative estimate of drug-likeness (QED) is 0.713. The minimum atomic E-state index is -0.193. The van der Waals surface area contributed by atoms with Crippen molar-refractivity contribution in [2.45, 2.75) is 51.0 Å². The number of amides is 1. The van der Waals surface area contributed by atoms with E-state index in [1.807, 2.05) is 22.9 Å². The molecule has 2 aliphatic carbocycles. The zero-order valence-corrected chi connectivity index (χ0v) is 15.7. The molecule has 1 fully saturated rings. The van der Waals surface area contributed by atoms with E-state index in [2.05, 4.69) is 15.5 Å². The van der Waals surface area contributed by atoms with Gasteiger partial charge in [-0.25, -0.2) is 0 Å². The van der Waals surface area contributed by atoms with E-state index in [1.54, 1.807) is 12.3 Å². The molecule has 3 aromatic heterocycles. The van der Waals surface area contributed by atoms with Crippen LogP contribution in [0, 0.1) is 0 Å². The molecule has 0 spiro atoms. The molecular formula is C21H23N5O2. The number of carbonyl (C=O) groups excluding carboxylic acids is 1. The molecule has 0 radical (unpaired) electrons. The van der Waals surface area contributed by atoms with Crippen LogP contribution in [0.4, 0.5) is 0 Å². The number of hydrogen-bond donors (Lipinski definition) is 1. The van der Waals surface area contributed by atoms with Gasteiger partial charge >= 0.3 is 0 Å². The van der Waals surface area contributed by atoms with Gasteiger partial charge in [-0.15, -0.1) is 0 Å². The second-order valence-corrected chi connectivity index (χ2v) is 7.56. The Kier molecular flexibility index (Phi) is 4.43. The predicted octanol–water partition coefficient (Wildman–Crippen LogP) is 3.12. The summed E-state index contributed by atoms with van der Waals surface area (Å²) in [5.41, 5.74) is 4.84. The predicted molar refractivity (Wildman–Crippen MR) is 103 cm³/mol. The molecule has 3 aromatic rings. The Hall–Kier alpha value is -2.96. The van der Waals surface area contributed by atoms with Gasteiger partial charge in [0.25, 0.3) is 5.91 Å². The smallest absolute Gasteiger partial charge is 0.273 e. The van der Waals surface area contributed by atoms with Crippen LogP contribution in [0.2, 0.25) is 0 Å². The number of fused-ring (bicyclic) bond motifs is 1. The average Bonchev–Trinajstić information content (AvgIpc) is 3.35. The molecule has 144 valence electrons. The maximum Gasteiger partial charge on any atom is 0.273 e. The lowest BCUT2D eigenvalue weighted by Gasteiger charge is -2.14. The molecule has 0 unspecified atom stereocenters. The van der Waals surface area contributed by atoms with Gasteiger partial charge in [0.15, 0.2) is 5.69 Å². The maximum atomic E-state index is 12.3. The van der Waals surface area contributed by atoms with Gasteiger partial charge in [0.05, 0.1) is 12.2 Å². The molecule has 5 rings (SSSR count). The van der Waals surface area contributed by atoms with Crippen molar-refractivity contribution in [3.05, 3.63) is 53.2 Å². The van der Waals surface area contributed by atoms with Gasteiger partial charge in [-0.1, -0.05) is 11.2 Å². The van der Waals surface area contributed by atoms with Gasteiger partial charge in [0, 0.05) is 36.0 Å². The van der Waals surface area contributed by atoms with E-state index < -0.39 is 0 Å². The molecule has 0 atom stereocenters. The van der Waals surface area contributed by atoms with Crippen molar-refractivity contribution in [2.24, 2.45) is 0 Å². The SMILES string of the molecule is O=C(NCCn1nc(-c2ccccn2)c2c1CCCC2)c1cc(C2CC2)on1. The molecule has 7 heteroatoms. The summed E-state index contributed by atoms with van der Waals surface area (Å²) >= 11 is 0. The largest absolute Gasteiger partial charge is 0.360 e. The third kappa shape index (κ3) is 3.32. The first-order chi connectivity index (χ1) is 13.8. The fourth-order valence-corrected chi connectivity index (χ4v) is 3.89. The molecule has 1 amide bonds. The van der Waals surface area contributed by atoms with Crippen LogP contribution in [0.1, 0.15) is 59.1 Å². The molecular weight excluding hydrogens is 354 g/mol. The van der Waals surface area contributed by atoms with Crippen LogP contribution in [-0.4, -0.2) is 32.4 Å². The summed E-state index contributed by atoms with van der Waals surface area (Å²) in [6.45, 7) is 1.13. The van der Waals surface area contributed by atoms with E-state index in [-0.39, 0.29) is 5.91 Å². The zero-order chi connectivity index (χ0) is 18.9. The summed E-state index contributed by atoms with van der Waals surface area (Å²) in [5.74, 6) is 1.09. The third-order valence-electron chi connectivity index (χ3n) is 5.51. The van der Waals surface area contributed by atoms with Crippen molar-refractivity contribution in [2.75, 3.05) is 6.54 Å². The Balaban J connectivity index is 1.28. The van der Waals surface area contributed by atoms with Crippen LogP contribution >= 0.6 is 0 Å². The highest BCUT2D eigenvalue weighted by molar-refractivity contribution is 5.92. The lowest BCUT2D eigenvalue weighted by molar-refractivity contribution is 0.0942. The van der Waals surface area contributed by atoms with Crippen LogP contribution in [0.15, 0.2) is 35.0 Å². The number of hydrogen-bond acceptors (Lipinski definition) is 5. The summed E-state index contributed by atoms with van der Waals surface area (Å²) in [6, 6.07) is 7.68. The molecule has 1 saturated carbocycles. The minimum absolute atomic E-state index is 0.193. The van der Waals surface area contributed by atoms with E-state index in [1.165, 1.54) is 24.1 Å². The van der Waals surface area contributed by atoms with Gasteiger partial charge in [0.1, 0.15) is 11.5 Å². The fourth-order valence-electron chi connectivity index (χ4n) is 3.89. The van der Waals surface area contributed by atoms with Crippen LogP contribution < -0.4 is 5.32 Å². The first-order valence-corrected chi connectivity index (χ1v) is 10.0. The topological polar surface area (TPSA) is 85.8 Å². The van der Waals surface area contributed by atoms with E-state index in [0.717, 1.165) is 42.8 Å². The second-order valence-electron chi connectivity index (χ2n) is 7.56. The van der Waals surface area contributed by atoms with Crippen molar-refractivity contribution in [3.63, 3.8) is 0 Å². The van der Waals surface area contributed by atoms with Crippen LogP contribution in [0.3, 0.4) is 0 Å². The van der Waals surface area contributed by atoms with Gasteiger partial charge < -0.3 is 9.84 Å². The van der Waals surface area contributed by atoms with E-state index >= 15 is 0 Å². The highest BCUT2D eigenvalue weighted by Crippen LogP contribution is 2.40. The minimum Gasteiger partial charge on any atom is -0.360 e. The van der Waals surface area contributed by atoms with E-state index in [4.69, 9.17) is 9.62 Å². The van der Waals surface area contributed by atoms with Gasteiger partial charge in [-0.05, 0) is 50.7 Å². The molecule has 3 heterocycles. The van der Waals surface area contributed by atoms with Gasteiger partial charge in [0.2, 0.25) is 0 Å². The highest BCUT2D eigenvalue weighted by atomic mass is 16.5. The summed E-state index contributed by atoms with van der Waals surface area (Å²) in [5, 5.41) is 11.7. The second kappa shape index (κ2) is 7.22. The molecule has 1 N–H and O–H groups in total. The molecule has 0 bridgehead atoms. The molecule has 0 aliphatic heterocycles. The highest BCUT2D eigenvalue weighted by Gasteiger charge is 2.29. The Morgan fingerprint density at radius 3 is 2.96 bits per heavy atom. The van der Waals surface area contributed by atoms with Crippen LogP contribution in [-0.2, 0) is 19.4 Å². The van der Waals surface area contributed by atoms with Crippen molar-refractivity contribution in [1.29, 1.82) is 0 Å². The Morgan fingerprint density at radius 2 is 2.14 bits per heavy atom. The molecule has 7 nitrogen and oxygen atoms in total. The number of pyridine rings is 1. The van der Waals surface area contributed by atoms with Gasteiger partial charge in [-0.3, -0.25) is 14.5 Å². The number of nitrogens with zero attached hydrogens (tertiary/aromatic N) is 4. The normalized spacial score (nSPS) is 16.0. The van der Waals surface area contributed by atoms with Crippen LogP contribution in [0.25, 0.3) is 11.4 Å². The molecule has 2 aliphatic rings. The number of nitrogens with one attached hydrogen (secondary N) is 1. The number of carbonyl (C=O) groups is 1. The van der Waals surface area contributed by atoms with Crippen LogP contribution in [0.5, 0.6) is 0 Å². The summed E-state index contributed by atoms with van der Waals surface area (Å²) in [7, 11) is 0. The summed E-state index contributed by atoms with van der Waals surface area (Å²) < 4.78 is 7.30. The third-order valence-corrected chi connectivity index (χ3v) is 5.51. The number of rotatable bonds is 6. The molecule has 0 aromatic carbocycles. The molecule has 28 heavy (non-hydrogen) atoms. The first kappa shape index (κ1) is 17.2. The van der Waals surface area contributed by atoms with E-state index in [0.29, 0.717) is 24.7 Å². The van der Waals surface area contributed by atoms with Crippen molar-refractivity contribution in [3.8, 4) is 11.4 Å². The zero-order valence-electron chi connectivity index (χ0n) is 15.7. The summed E-state index contributed by atoms with van der Waals surface area (Å²) in [4.78, 5) is 16.8. The van der Waals surface area contributed by atoms with Gasteiger partial charge in [-0.2, -0.15) is 5.10 Å². The first-order valence-electron chi connectivity index (χ1n) is 10.0. The molecule has 0 saturated heterocycles. The standard InChI is InChI=1S/C21H23N5O2/c27-21(17-13-19(28-25-17)14-8-9-14)23-11-12-26-18-7-2-1-5-15(18)20(24-26)16-6-3-4-10-22-16/h3-4,6,10,13-14H,1-2,5,7-9,11-12H2,(H,23,27). The lowest BCUT2D eigenvalue weighted by atomic mass is 9.95. The van der Waals surface area contributed by atoms with Crippen molar-refractivity contribution in [1.82, 2.24) is 25.2 Å². The monoisotopic (exact) mass is 377 g/mol. The van der Waals surface area contributed by atoms with E-state index in [9.17, 15) is 4.79 Å². The Morgan fingerprint density at radius 1 is 1.25 bits per heavy atom. The summed E-state index contributed by atoms with van der Waals surface area (Å²) in [6.07, 6.45) is 8.48. The van der Waals surface area contributed by atoms with Crippen molar-refractivity contribution < 1.29 is 9.32 Å². The Bertz CT molecular complexity index is 988. The Labute approximate surface area is 163 Å². The fraction of sp³-hybridized carbons (Fsp3) is 0.429. The maximum absolute atomic E-state index is 12.3. The van der Waals surface area contributed by atoms with Crippen molar-refractivity contribution >= 4 is 5.91 Å². The lowest BCUT2D eigenvalue weighted by Crippen LogP contribution is -2.28. The number of aromatic nitrogens is 4. The average molecular weight is 377 g/mol.